The Morgan fingerprint density at radius 3 is 2.84 bits per heavy atom. The van der Waals surface area contributed by atoms with E-state index < -0.39 is 0 Å². The zero-order valence-corrected chi connectivity index (χ0v) is 13.7. The van der Waals surface area contributed by atoms with Crippen LogP contribution in [0.1, 0.15) is 33.7 Å². The van der Waals surface area contributed by atoms with E-state index in [1.165, 1.54) is 0 Å². The Hall–Kier alpha value is -3.02. The van der Waals surface area contributed by atoms with Gasteiger partial charge in [0.2, 0.25) is 0 Å². The molecule has 0 aliphatic carbocycles. The Labute approximate surface area is 145 Å². The lowest BCUT2D eigenvalue weighted by Gasteiger charge is -2.32. The van der Waals surface area contributed by atoms with Crippen LogP contribution >= 0.6 is 0 Å². The summed E-state index contributed by atoms with van der Waals surface area (Å²) in [5, 5.41) is 0. The van der Waals surface area contributed by atoms with Gasteiger partial charge in [0.25, 0.3) is 5.91 Å². The Morgan fingerprint density at radius 2 is 2.00 bits per heavy atom. The van der Waals surface area contributed by atoms with Crippen LogP contribution < -0.4 is 0 Å². The first kappa shape index (κ1) is 15.5. The van der Waals surface area contributed by atoms with Crippen molar-refractivity contribution in [2.75, 3.05) is 13.1 Å². The molecule has 1 saturated heterocycles. The first-order valence-electron chi connectivity index (χ1n) is 8.39. The SMILES string of the molecule is O=C(c1ccccn1)[C@@H]1CCCN(C(=O)c2ccc3nccn3c2)C1. The van der Waals surface area contributed by atoms with Crippen LogP contribution in [0.15, 0.2) is 55.1 Å². The number of rotatable bonds is 3. The molecule has 0 unspecified atom stereocenters. The molecule has 4 heterocycles. The molecule has 1 fully saturated rings. The summed E-state index contributed by atoms with van der Waals surface area (Å²) in [4.78, 5) is 35.6. The summed E-state index contributed by atoms with van der Waals surface area (Å²) in [5.41, 5.74) is 1.89. The third kappa shape index (κ3) is 3.03. The van der Waals surface area contributed by atoms with Crippen molar-refractivity contribution in [3.8, 4) is 0 Å². The van der Waals surface area contributed by atoms with Crippen molar-refractivity contribution in [2.24, 2.45) is 5.92 Å². The predicted molar refractivity (Wildman–Crippen MR) is 92.4 cm³/mol. The molecule has 0 radical (unpaired) electrons. The molecule has 0 saturated carbocycles. The van der Waals surface area contributed by atoms with E-state index in [4.69, 9.17) is 0 Å². The number of piperidine rings is 1. The average Bonchev–Trinajstić information content (AvgIpc) is 3.15. The number of Topliss-reactive ketones (excluding diaryl/α,β-unsaturated/α-hetero) is 1. The van der Waals surface area contributed by atoms with E-state index in [-0.39, 0.29) is 17.6 Å². The molecule has 1 aliphatic rings. The molecule has 1 atom stereocenters. The van der Waals surface area contributed by atoms with Crippen molar-refractivity contribution in [1.29, 1.82) is 0 Å². The molecule has 4 rings (SSSR count). The van der Waals surface area contributed by atoms with Crippen LogP contribution in [-0.2, 0) is 0 Å². The van der Waals surface area contributed by atoms with Gasteiger partial charge in [0.15, 0.2) is 5.78 Å². The first-order valence-corrected chi connectivity index (χ1v) is 8.39. The minimum absolute atomic E-state index is 0.0168. The van der Waals surface area contributed by atoms with Gasteiger partial charge >= 0.3 is 0 Å². The topological polar surface area (TPSA) is 67.6 Å². The predicted octanol–water partition coefficient (Wildman–Crippen LogP) is 2.46. The van der Waals surface area contributed by atoms with E-state index in [9.17, 15) is 9.59 Å². The van der Waals surface area contributed by atoms with E-state index in [1.807, 2.05) is 22.7 Å². The maximum Gasteiger partial charge on any atom is 0.255 e. The second-order valence-corrected chi connectivity index (χ2v) is 6.28. The third-order valence-electron chi connectivity index (χ3n) is 4.63. The van der Waals surface area contributed by atoms with Crippen LogP contribution in [0.5, 0.6) is 0 Å². The maximum atomic E-state index is 12.8. The second kappa shape index (κ2) is 6.47. The molecule has 0 N–H and O–H groups in total. The molecule has 1 amide bonds. The highest BCUT2D eigenvalue weighted by Gasteiger charge is 2.30. The fourth-order valence-corrected chi connectivity index (χ4v) is 3.32. The number of pyridine rings is 2. The van der Waals surface area contributed by atoms with Crippen molar-refractivity contribution in [2.45, 2.75) is 12.8 Å². The molecule has 25 heavy (non-hydrogen) atoms. The number of nitrogens with zero attached hydrogens (tertiary/aromatic N) is 4. The standard InChI is InChI=1S/C19H18N4O2/c24-18(16-5-1-2-8-20-16)14-4-3-10-23(12-14)19(25)15-6-7-17-21-9-11-22(17)13-15/h1-2,5-9,11,13-14H,3-4,10,12H2/t14-/m1/s1. The summed E-state index contributed by atoms with van der Waals surface area (Å²) in [5.74, 6) is -0.221. The van der Waals surface area contributed by atoms with Crippen LogP contribution in [0.2, 0.25) is 0 Å². The van der Waals surface area contributed by atoms with Gasteiger partial charge in [-0.15, -0.1) is 0 Å². The van der Waals surface area contributed by atoms with Crippen molar-refractivity contribution in [1.82, 2.24) is 19.3 Å². The van der Waals surface area contributed by atoms with Gasteiger partial charge in [-0.3, -0.25) is 14.6 Å². The molecule has 126 valence electrons. The van der Waals surface area contributed by atoms with E-state index in [1.54, 1.807) is 41.7 Å². The van der Waals surface area contributed by atoms with Gasteiger partial charge in [-0.25, -0.2) is 4.98 Å². The van der Waals surface area contributed by atoms with Gasteiger partial charge < -0.3 is 9.30 Å². The molecule has 1 aliphatic heterocycles. The molecule has 3 aromatic rings. The van der Waals surface area contributed by atoms with Crippen LogP contribution in [0, 0.1) is 5.92 Å². The zero-order chi connectivity index (χ0) is 17.2. The summed E-state index contributed by atoms with van der Waals surface area (Å²) < 4.78 is 1.83. The van der Waals surface area contributed by atoms with E-state index >= 15 is 0 Å². The molecule has 0 bridgehead atoms. The van der Waals surface area contributed by atoms with E-state index in [0.717, 1.165) is 18.5 Å². The normalized spacial score (nSPS) is 17.6. The maximum absolute atomic E-state index is 12.8. The average molecular weight is 334 g/mol. The molecular weight excluding hydrogens is 316 g/mol. The van der Waals surface area contributed by atoms with E-state index in [2.05, 4.69) is 9.97 Å². The summed E-state index contributed by atoms with van der Waals surface area (Å²) in [7, 11) is 0. The highest BCUT2D eigenvalue weighted by atomic mass is 16.2. The highest BCUT2D eigenvalue weighted by Crippen LogP contribution is 2.22. The van der Waals surface area contributed by atoms with Gasteiger partial charge in [-0.1, -0.05) is 6.07 Å². The van der Waals surface area contributed by atoms with Crippen LogP contribution in [0.25, 0.3) is 5.65 Å². The number of carbonyl (C=O) groups is 2. The second-order valence-electron chi connectivity index (χ2n) is 6.28. The number of hydrogen-bond acceptors (Lipinski definition) is 4. The lowest BCUT2D eigenvalue weighted by Crippen LogP contribution is -2.42. The molecular formula is C19H18N4O2. The Kier molecular flexibility index (Phi) is 4.01. The zero-order valence-electron chi connectivity index (χ0n) is 13.7. The minimum atomic E-state index is -0.190. The first-order chi connectivity index (χ1) is 12.2. The Balaban J connectivity index is 1.52. The van der Waals surface area contributed by atoms with Gasteiger partial charge in [0.05, 0.1) is 5.56 Å². The van der Waals surface area contributed by atoms with E-state index in [0.29, 0.717) is 24.3 Å². The largest absolute Gasteiger partial charge is 0.338 e. The highest BCUT2D eigenvalue weighted by molar-refractivity contribution is 5.98. The number of hydrogen-bond donors (Lipinski definition) is 0. The number of amides is 1. The number of carbonyl (C=O) groups excluding carboxylic acids is 2. The Bertz CT molecular complexity index is 919. The number of likely N-dealkylation sites (tertiary alicyclic amines) is 1. The quantitative estimate of drug-likeness (QED) is 0.690. The summed E-state index contributed by atoms with van der Waals surface area (Å²) >= 11 is 0. The van der Waals surface area contributed by atoms with Crippen LogP contribution in [0.4, 0.5) is 0 Å². The summed E-state index contributed by atoms with van der Waals surface area (Å²) in [6.07, 6.45) is 8.54. The van der Waals surface area contributed by atoms with Crippen molar-refractivity contribution >= 4 is 17.3 Å². The lowest BCUT2D eigenvalue weighted by molar-refractivity contribution is 0.0635. The van der Waals surface area contributed by atoms with Crippen LogP contribution in [-0.4, -0.2) is 44.0 Å². The van der Waals surface area contributed by atoms with Gasteiger partial charge in [0, 0.05) is 43.8 Å². The number of imidazole rings is 1. The minimum Gasteiger partial charge on any atom is -0.338 e. The summed E-state index contributed by atoms with van der Waals surface area (Å²) in [6, 6.07) is 8.95. The van der Waals surface area contributed by atoms with Gasteiger partial charge in [0.1, 0.15) is 11.3 Å². The number of fused-ring (bicyclic) bond motifs is 1. The fourth-order valence-electron chi connectivity index (χ4n) is 3.32. The number of ketones is 1. The summed E-state index contributed by atoms with van der Waals surface area (Å²) in [6.45, 7) is 1.11. The smallest absolute Gasteiger partial charge is 0.255 e. The van der Waals surface area contributed by atoms with Gasteiger partial charge in [-0.05, 0) is 37.1 Å². The Morgan fingerprint density at radius 1 is 1.08 bits per heavy atom. The van der Waals surface area contributed by atoms with Crippen molar-refractivity contribution in [3.05, 3.63) is 66.4 Å². The molecule has 0 spiro atoms. The fraction of sp³-hybridized carbons (Fsp3) is 0.263. The number of aromatic nitrogens is 3. The third-order valence-corrected chi connectivity index (χ3v) is 4.63. The molecule has 6 nitrogen and oxygen atoms in total. The van der Waals surface area contributed by atoms with Crippen LogP contribution in [0.3, 0.4) is 0 Å². The molecule has 3 aromatic heterocycles. The molecule has 0 aromatic carbocycles. The molecule has 6 heteroatoms. The monoisotopic (exact) mass is 334 g/mol. The van der Waals surface area contributed by atoms with Crippen molar-refractivity contribution in [3.63, 3.8) is 0 Å². The van der Waals surface area contributed by atoms with Gasteiger partial charge in [-0.2, -0.15) is 0 Å². The van der Waals surface area contributed by atoms with Crippen molar-refractivity contribution < 1.29 is 9.59 Å². The lowest BCUT2D eigenvalue weighted by atomic mass is 9.91.